The van der Waals surface area contributed by atoms with Crippen molar-refractivity contribution in [2.75, 3.05) is 11.5 Å². The van der Waals surface area contributed by atoms with E-state index >= 15 is 0 Å². The third kappa shape index (κ3) is 8.20. The van der Waals surface area contributed by atoms with Crippen LogP contribution in [0.1, 0.15) is 48.5 Å². The molecule has 0 fully saturated rings. The number of thiocarbonyl (C=S) groups is 1. The highest BCUT2D eigenvalue weighted by Crippen LogP contribution is 2.44. The molecule has 0 aliphatic heterocycles. The van der Waals surface area contributed by atoms with Gasteiger partial charge in [-0.1, -0.05) is 102 Å². The van der Waals surface area contributed by atoms with Crippen LogP contribution in [0.4, 0.5) is 10.1 Å². The molecule has 0 heterocycles. The molecule has 0 bridgehead atoms. The lowest BCUT2D eigenvalue weighted by Crippen LogP contribution is -2.55. The molecular formula is C32H44FN2OPSSi. The number of benzene rings is 3. The Bertz CT molecular complexity index is 1100. The van der Waals surface area contributed by atoms with Crippen LogP contribution < -0.4 is 21.2 Å². The van der Waals surface area contributed by atoms with Crippen molar-refractivity contribution >= 4 is 49.9 Å². The molecule has 3 rings (SSSR count). The zero-order valence-corrected chi connectivity index (χ0v) is 27.0. The van der Waals surface area contributed by atoms with E-state index in [1.807, 2.05) is 0 Å². The van der Waals surface area contributed by atoms with E-state index < -0.39 is 16.2 Å². The van der Waals surface area contributed by atoms with Gasteiger partial charge in [0.05, 0.1) is 12.1 Å². The van der Waals surface area contributed by atoms with E-state index in [4.69, 9.17) is 16.6 Å². The molecule has 2 N–H and O–H groups in total. The van der Waals surface area contributed by atoms with Crippen molar-refractivity contribution in [2.45, 2.75) is 77.2 Å². The van der Waals surface area contributed by atoms with Gasteiger partial charge in [0.1, 0.15) is 5.82 Å². The summed E-state index contributed by atoms with van der Waals surface area (Å²) < 4.78 is 20.7. The fourth-order valence-corrected chi connectivity index (χ4v) is 14.2. The molecular weight excluding hydrogens is 538 g/mol. The van der Waals surface area contributed by atoms with Gasteiger partial charge in [0.2, 0.25) is 8.32 Å². The normalized spacial score (nSPS) is 13.6. The lowest BCUT2D eigenvalue weighted by Gasteiger charge is -2.46. The molecule has 0 spiro atoms. The SMILES string of the molecule is CC(O[Si](C(C)C)(C(C)C)C(C)C)C(CP(c1ccccc1)c1ccccc1)NC(=S)Nc1ccc(F)cc1. The van der Waals surface area contributed by atoms with Crippen molar-refractivity contribution in [1.29, 1.82) is 0 Å². The molecule has 0 aliphatic rings. The average molecular weight is 583 g/mol. The summed E-state index contributed by atoms with van der Waals surface area (Å²) in [4.78, 5) is 0. The average Bonchev–Trinajstić information content (AvgIpc) is 2.91. The van der Waals surface area contributed by atoms with Crippen LogP contribution in [-0.4, -0.2) is 31.7 Å². The standard InChI is InChI=1S/C32H44FN2OPSSi/c1-23(2)39(24(3)4,25(5)6)36-26(7)31(35-32(38)34-28-20-18-27(33)19-21-28)22-37(29-14-10-8-11-15-29)30-16-12-9-13-17-30/h8-21,23-26,31H,22H2,1-7H3,(H2,34,35,38). The van der Waals surface area contributed by atoms with Gasteiger partial charge in [0.25, 0.3) is 0 Å². The van der Waals surface area contributed by atoms with Crippen molar-refractivity contribution in [3.63, 3.8) is 0 Å². The van der Waals surface area contributed by atoms with E-state index in [0.29, 0.717) is 21.7 Å². The zero-order valence-electron chi connectivity index (χ0n) is 24.3. The molecule has 3 nitrogen and oxygen atoms in total. The first-order valence-electron chi connectivity index (χ1n) is 13.9. The highest BCUT2D eigenvalue weighted by Gasteiger charge is 2.47. The maximum atomic E-state index is 13.5. The summed E-state index contributed by atoms with van der Waals surface area (Å²) >= 11 is 5.79. The van der Waals surface area contributed by atoms with Crippen molar-refractivity contribution in [3.05, 3.63) is 90.7 Å². The third-order valence-electron chi connectivity index (χ3n) is 7.60. The van der Waals surface area contributed by atoms with Crippen LogP contribution in [0.3, 0.4) is 0 Å². The van der Waals surface area contributed by atoms with E-state index in [1.165, 1.54) is 22.7 Å². The highest BCUT2D eigenvalue weighted by atomic mass is 32.1. The quantitative estimate of drug-likeness (QED) is 0.128. The molecule has 0 radical (unpaired) electrons. The van der Waals surface area contributed by atoms with Gasteiger partial charge in [-0.3, -0.25) is 0 Å². The lowest BCUT2D eigenvalue weighted by molar-refractivity contribution is 0.163. The Hall–Kier alpha value is -2.11. The van der Waals surface area contributed by atoms with Crippen molar-refractivity contribution in [1.82, 2.24) is 5.32 Å². The maximum Gasteiger partial charge on any atom is 0.200 e. The second kappa shape index (κ2) is 14.5. The van der Waals surface area contributed by atoms with E-state index in [0.717, 1.165) is 11.8 Å². The predicted molar refractivity (Wildman–Crippen MR) is 175 cm³/mol. The predicted octanol–water partition coefficient (Wildman–Crippen LogP) is 8.19. The summed E-state index contributed by atoms with van der Waals surface area (Å²) in [5.74, 6) is -0.270. The van der Waals surface area contributed by atoms with Gasteiger partial charge in [-0.05, 0) is 84.7 Å². The van der Waals surface area contributed by atoms with Gasteiger partial charge in [0, 0.05) is 5.69 Å². The van der Waals surface area contributed by atoms with Gasteiger partial charge in [-0.15, -0.1) is 0 Å². The fraction of sp³-hybridized carbons (Fsp3) is 0.406. The Kier molecular flexibility index (Phi) is 11.7. The Morgan fingerprint density at radius 3 is 1.67 bits per heavy atom. The summed E-state index contributed by atoms with van der Waals surface area (Å²) in [7, 11) is -2.80. The summed E-state index contributed by atoms with van der Waals surface area (Å²) in [5.41, 5.74) is 2.20. The molecule has 0 aromatic heterocycles. The van der Waals surface area contributed by atoms with Crippen LogP contribution in [-0.2, 0) is 4.43 Å². The van der Waals surface area contributed by atoms with Crippen LogP contribution in [0.15, 0.2) is 84.9 Å². The minimum Gasteiger partial charge on any atom is -0.411 e. The van der Waals surface area contributed by atoms with Crippen LogP contribution in [0.25, 0.3) is 0 Å². The largest absolute Gasteiger partial charge is 0.411 e. The molecule has 3 aromatic carbocycles. The summed E-state index contributed by atoms with van der Waals surface area (Å²) in [6.07, 6.45) is 0.809. The smallest absolute Gasteiger partial charge is 0.200 e. The van der Waals surface area contributed by atoms with Gasteiger partial charge >= 0.3 is 0 Å². The van der Waals surface area contributed by atoms with Crippen LogP contribution in [0, 0.1) is 5.82 Å². The zero-order chi connectivity index (χ0) is 28.6. The molecule has 210 valence electrons. The molecule has 0 aliphatic carbocycles. The van der Waals surface area contributed by atoms with Crippen LogP contribution in [0.2, 0.25) is 16.6 Å². The summed E-state index contributed by atoms with van der Waals surface area (Å²) in [6.45, 7) is 16.1. The van der Waals surface area contributed by atoms with Gasteiger partial charge in [-0.2, -0.15) is 0 Å². The molecule has 2 unspecified atom stereocenters. The van der Waals surface area contributed by atoms with Crippen molar-refractivity contribution < 1.29 is 8.82 Å². The first kappa shape index (κ1) is 31.4. The van der Waals surface area contributed by atoms with E-state index in [1.54, 1.807) is 12.1 Å². The molecule has 3 aromatic rings. The molecule has 2 atom stereocenters. The van der Waals surface area contributed by atoms with Crippen molar-refractivity contribution in [3.8, 4) is 0 Å². The van der Waals surface area contributed by atoms with Crippen LogP contribution in [0.5, 0.6) is 0 Å². The van der Waals surface area contributed by atoms with E-state index in [2.05, 4.69) is 120 Å². The number of anilines is 1. The second-order valence-corrected chi connectivity index (χ2v) is 19.2. The number of halogens is 1. The van der Waals surface area contributed by atoms with Gasteiger partial charge < -0.3 is 15.1 Å². The van der Waals surface area contributed by atoms with Gasteiger partial charge in [0.15, 0.2) is 5.11 Å². The Labute approximate surface area is 242 Å². The Morgan fingerprint density at radius 2 is 1.23 bits per heavy atom. The highest BCUT2D eigenvalue weighted by molar-refractivity contribution is 7.80. The first-order chi connectivity index (χ1) is 18.5. The number of nitrogens with one attached hydrogen (secondary N) is 2. The number of hydrogen-bond donors (Lipinski definition) is 2. The Balaban J connectivity index is 1.96. The second-order valence-electron chi connectivity index (χ2n) is 11.1. The number of rotatable bonds is 12. The Morgan fingerprint density at radius 1 is 0.769 bits per heavy atom. The summed E-state index contributed by atoms with van der Waals surface area (Å²) in [5, 5.41) is 10.1. The van der Waals surface area contributed by atoms with Crippen LogP contribution >= 0.6 is 20.1 Å². The van der Waals surface area contributed by atoms with E-state index in [9.17, 15) is 4.39 Å². The van der Waals surface area contributed by atoms with Gasteiger partial charge in [-0.25, -0.2) is 4.39 Å². The number of hydrogen-bond acceptors (Lipinski definition) is 2. The summed E-state index contributed by atoms with van der Waals surface area (Å²) in [6, 6.07) is 27.8. The molecule has 0 amide bonds. The monoisotopic (exact) mass is 582 g/mol. The molecule has 39 heavy (non-hydrogen) atoms. The molecule has 0 saturated carbocycles. The van der Waals surface area contributed by atoms with Crippen molar-refractivity contribution in [2.24, 2.45) is 0 Å². The topological polar surface area (TPSA) is 33.3 Å². The minimum atomic E-state index is -2.13. The lowest BCUT2D eigenvalue weighted by atomic mass is 10.2. The van der Waals surface area contributed by atoms with E-state index in [-0.39, 0.29) is 18.0 Å². The minimum absolute atomic E-state index is 0.0277. The molecule has 7 heteroatoms. The third-order valence-corrected chi connectivity index (χ3v) is 16.6. The maximum absolute atomic E-state index is 13.5. The fourth-order valence-electron chi connectivity index (χ4n) is 5.77. The molecule has 0 saturated heterocycles. The first-order valence-corrected chi connectivity index (χ1v) is 18.0.